The summed E-state index contributed by atoms with van der Waals surface area (Å²) in [7, 11) is 0. The third-order valence-electron chi connectivity index (χ3n) is 5.56. The molecule has 6 heteroatoms. The quantitative estimate of drug-likeness (QED) is 0.664. The van der Waals surface area contributed by atoms with Crippen molar-refractivity contribution in [1.82, 2.24) is 19.6 Å². The van der Waals surface area contributed by atoms with Crippen LogP contribution in [0.25, 0.3) is 5.69 Å². The molecule has 2 aliphatic rings. The van der Waals surface area contributed by atoms with E-state index < -0.39 is 0 Å². The zero-order chi connectivity index (χ0) is 18.9. The van der Waals surface area contributed by atoms with Crippen LogP contribution in [0.3, 0.4) is 0 Å². The maximum Gasteiger partial charge on any atom is 0.272 e. The van der Waals surface area contributed by atoms with Crippen molar-refractivity contribution in [3.63, 3.8) is 0 Å². The molecule has 28 heavy (non-hydrogen) atoms. The molecule has 2 fully saturated rings. The number of aromatic nitrogens is 2. The second kappa shape index (κ2) is 7.53. The summed E-state index contributed by atoms with van der Waals surface area (Å²) in [6, 6.07) is 16.3. The number of amides is 1. The van der Waals surface area contributed by atoms with Crippen molar-refractivity contribution in [2.45, 2.75) is 25.3 Å². The number of para-hydroxylation sites is 1. The number of nitrogens with zero attached hydrogens (tertiary/aromatic N) is 4. The Labute approximate surface area is 169 Å². The molecule has 5 rings (SSSR count). The predicted octanol–water partition coefficient (Wildman–Crippen LogP) is 3.77. The average Bonchev–Trinajstić information content (AvgIpc) is 3.28. The van der Waals surface area contributed by atoms with Gasteiger partial charge in [-0.2, -0.15) is 5.10 Å². The van der Waals surface area contributed by atoms with Gasteiger partial charge in [0.2, 0.25) is 0 Å². The molecule has 0 bridgehead atoms. The summed E-state index contributed by atoms with van der Waals surface area (Å²) in [5.41, 5.74) is 2.71. The first kappa shape index (κ1) is 17.6. The first-order valence-electron chi connectivity index (χ1n) is 9.97. The summed E-state index contributed by atoms with van der Waals surface area (Å²) in [5, 5.41) is 6.91. The minimum Gasteiger partial charge on any atom is -0.335 e. The maximum atomic E-state index is 13.3. The van der Waals surface area contributed by atoms with Crippen molar-refractivity contribution in [3.05, 3.63) is 70.2 Å². The Balaban J connectivity index is 1.33. The van der Waals surface area contributed by atoms with E-state index in [4.69, 9.17) is 5.10 Å². The van der Waals surface area contributed by atoms with Crippen LogP contribution in [0, 0.1) is 0 Å². The fourth-order valence-corrected chi connectivity index (χ4v) is 4.54. The molecule has 1 saturated carbocycles. The lowest BCUT2D eigenvalue weighted by Gasteiger charge is -2.34. The summed E-state index contributed by atoms with van der Waals surface area (Å²) in [6.45, 7) is 4.34. The van der Waals surface area contributed by atoms with Crippen LogP contribution in [-0.4, -0.2) is 51.7 Å². The van der Waals surface area contributed by atoms with Gasteiger partial charge < -0.3 is 4.90 Å². The Morgan fingerprint density at radius 1 is 1.04 bits per heavy atom. The maximum absolute atomic E-state index is 13.3. The highest BCUT2D eigenvalue weighted by Crippen LogP contribution is 2.39. The van der Waals surface area contributed by atoms with E-state index in [0.29, 0.717) is 11.6 Å². The zero-order valence-electron chi connectivity index (χ0n) is 15.8. The lowest BCUT2D eigenvalue weighted by atomic mass is 10.2. The van der Waals surface area contributed by atoms with Gasteiger partial charge in [0.05, 0.1) is 11.4 Å². The van der Waals surface area contributed by atoms with Crippen LogP contribution in [0.4, 0.5) is 0 Å². The number of carbonyl (C=O) groups excluding carboxylic acids is 1. The number of benzene rings is 1. The molecule has 1 amide bonds. The van der Waals surface area contributed by atoms with Crippen molar-refractivity contribution >= 4 is 17.2 Å². The summed E-state index contributed by atoms with van der Waals surface area (Å²) >= 11 is 1.80. The summed E-state index contributed by atoms with van der Waals surface area (Å²) < 4.78 is 1.84. The monoisotopic (exact) mass is 392 g/mol. The van der Waals surface area contributed by atoms with Crippen LogP contribution in [0.2, 0.25) is 0 Å². The minimum atomic E-state index is 0.0963. The topological polar surface area (TPSA) is 41.4 Å². The molecule has 0 atom stereocenters. The smallest absolute Gasteiger partial charge is 0.272 e. The molecular formula is C22H24N4OS. The second-order valence-electron chi connectivity index (χ2n) is 7.62. The molecule has 1 saturated heterocycles. The van der Waals surface area contributed by atoms with Crippen LogP contribution in [0.15, 0.2) is 53.9 Å². The van der Waals surface area contributed by atoms with Crippen molar-refractivity contribution < 1.29 is 4.79 Å². The molecule has 0 unspecified atom stereocenters. The number of thiophene rings is 1. The number of piperazine rings is 1. The Hall–Kier alpha value is -2.44. The van der Waals surface area contributed by atoms with Gasteiger partial charge in [-0.25, -0.2) is 4.68 Å². The van der Waals surface area contributed by atoms with Gasteiger partial charge in [0.25, 0.3) is 5.91 Å². The predicted molar refractivity (Wildman–Crippen MR) is 111 cm³/mol. The van der Waals surface area contributed by atoms with E-state index in [2.05, 4.69) is 22.4 Å². The lowest BCUT2D eigenvalue weighted by Crippen LogP contribution is -2.48. The highest BCUT2D eigenvalue weighted by Gasteiger charge is 2.31. The van der Waals surface area contributed by atoms with Crippen molar-refractivity contribution in [1.29, 1.82) is 0 Å². The van der Waals surface area contributed by atoms with Crippen LogP contribution in [-0.2, 0) is 6.54 Å². The molecular weight excluding hydrogens is 368 g/mol. The van der Waals surface area contributed by atoms with Crippen LogP contribution < -0.4 is 0 Å². The van der Waals surface area contributed by atoms with Crippen LogP contribution >= 0.6 is 11.3 Å². The standard InChI is InChI=1S/C22H24N4OS/c27-22(25-12-10-24(11-13-25)16-19-7-4-14-28-19)21-15-20(17-8-9-17)23-26(21)18-5-2-1-3-6-18/h1-7,14-15,17H,8-13,16H2. The van der Waals surface area contributed by atoms with Crippen LogP contribution in [0.5, 0.6) is 0 Å². The van der Waals surface area contributed by atoms with Gasteiger partial charge in [0, 0.05) is 43.5 Å². The van der Waals surface area contributed by atoms with E-state index >= 15 is 0 Å². The molecule has 3 aromatic rings. The molecule has 1 aliphatic heterocycles. The van der Waals surface area contributed by atoms with Crippen molar-refractivity contribution in [3.8, 4) is 5.69 Å². The SMILES string of the molecule is O=C(c1cc(C2CC2)nn1-c1ccccc1)N1CCN(Cc2cccs2)CC1. The number of hydrogen-bond donors (Lipinski definition) is 0. The fraction of sp³-hybridized carbons (Fsp3) is 0.364. The Morgan fingerprint density at radius 3 is 2.50 bits per heavy atom. The molecule has 0 N–H and O–H groups in total. The summed E-state index contributed by atoms with van der Waals surface area (Å²) in [5.74, 6) is 0.623. The third-order valence-corrected chi connectivity index (χ3v) is 6.42. The third kappa shape index (κ3) is 3.62. The van der Waals surface area contributed by atoms with Gasteiger partial charge in [-0.3, -0.25) is 9.69 Å². The largest absolute Gasteiger partial charge is 0.335 e. The molecule has 144 valence electrons. The molecule has 0 radical (unpaired) electrons. The molecule has 1 aromatic carbocycles. The molecule has 1 aliphatic carbocycles. The average molecular weight is 393 g/mol. The van der Waals surface area contributed by atoms with E-state index in [1.54, 1.807) is 11.3 Å². The minimum absolute atomic E-state index is 0.0963. The van der Waals surface area contributed by atoms with E-state index in [1.165, 1.54) is 17.7 Å². The van der Waals surface area contributed by atoms with Crippen LogP contribution in [0.1, 0.15) is 39.8 Å². The lowest BCUT2D eigenvalue weighted by molar-refractivity contribution is 0.0620. The van der Waals surface area contributed by atoms with Gasteiger partial charge >= 0.3 is 0 Å². The second-order valence-corrected chi connectivity index (χ2v) is 8.66. The Morgan fingerprint density at radius 2 is 1.82 bits per heavy atom. The van der Waals surface area contributed by atoms with E-state index in [9.17, 15) is 4.79 Å². The molecule has 5 nitrogen and oxygen atoms in total. The molecule has 3 heterocycles. The zero-order valence-corrected chi connectivity index (χ0v) is 16.6. The van der Waals surface area contributed by atoms with Crippen molar-refractivity contribution in [2.75, 3.05) is 26.2 Å². The van der Waals surface area contributed by atoms with E-state index in [-0.39, 0.29) is 5.91 Å². The normalized spacial score (nSPS) is 17.8. The van der Waals surface area contributed by atoms with Gasteiger partial charge in [0.15, 0.2) is 0 Å². The van der Waals surface area contributed by atoms with E-state index in [0.717, 1.165) is 44.1 Å². The van der Waals surface area contributed by atoms with Gasteiger partial charge in [0.1, 0.15) is 5.69 Å². The highest BCUT2D eigenvalue weighted by atomic mass is 32.1. The molecule has 0 spiro atoms. The van der Waals surface area contributed by atoms with E-state index in [1.807, 2.05) is 46.0 Å². The highest BCUT2D eigenvalue weighted by molar-refractivity contribution is 7.09. The molecule has 2 aromatic heterocycles. The first-order valence-corrected chi connectivity index (χ1v) is 10.9. The summed E-state index contributed by atoms with van der Waals surface area (Å²) in [6.07, 6.45) is 2.36. The summed E-state index contributed by atoms with van der Waals surface area (Å²) in [4.78, 5) is 19.1. The fourth-order valence-electron chi connectivity index (χ4n) is 3.79. The number of hydrogen-bond acceptors (Lipinski definition) is 4. The van der Waals surface area contributed by atoms with Gasteiger partial charge in [-0.05, 0) is 42.5 Å². The Bertz CT molecular complexity index is 938. The Kier molecular flexibility index (Phi) is 4.74. The first-order chi connectivity index (χ1) is 13.8. The number of carbonyl (C=O) groups is 1. The van der Waals surface area contributed by atoms with Crippen molar-refractivity contribution in [2.24, 2.45) is 0 Å². The van der Waals surface area contributed by atoms with Gasteiger partial charge in [-0.15, -0.1) is 11.3 Å². The van der Waals surface area contributed by atoms with Gasteiger partial charge in [-0.1, -0.05) is 24.3 Å². The number of rotatable bonds is 5.